The molecule has 1 saturated heterocycles. The van der Waals surface area contributed by atoms with Crippen LogP contribution in [0.3, 0.4) is 0 Å². The van der Waals surface area contributed by atoms with E-state index < -0.39 is 0 Å². The number of rotatable bonds is 2. The van der Waals surface area contributed by atoms with Crippen molar-refractivity contribution in [1.82, 2.24) is 0 Å². The van der Waals surface area contributed by atoms with Crippen LogP contribution in [0.25, 0.3) is 0 Å². The predicted octanol–water partition coefficient (Wildman–Crippen LogP) is 4.83. The highest BCUT2D eigenvalue weighted by Crippen LogP contribution is 2.22. The van der Waals surface area contributed by atoms with Gasteiger partial charge in [-0.3, -0.25) is 0 Å². The van der Waals surface area contributed by atoms with Crippen molar-refractivity contribution in [3.8, 4) is 5.75 Å². The van der Waals surface area contributed by atoms with Crippen LogP contribution in [0.15, 0.2) is 30.3 Å². The second kappa shape index (κ2) is 8.31. The van der Waals surface area contributed by atoms with E-state index in [4.69, 9.17) is 9.47 Å². The number of para-hydroxylation sites is 1. The highest BCUT2D eigenvalue weighted by Gasteiger charge is 2.20. The summed E-state index contributed by atoms with van der Waals surface area (Å²) in [7, 11) is 0. The van der Waals surface area contributed by atoms with Gasteiger partial charge in [-0.1, -0.05) is 38.0 Å². The lowest BCUT2D eigenvalue weighted by molar-refractivity contribution is -0.0195. The van der Waals surface area contributed by atoms with Gasteiger partial charge in [0.25, 0.3) is 0 Å². The van der Waals surface area contributed by atoms with Gasteiger partial charge in [0.1, 0.15) is 11.9 Å². The molecular formula is C18H28O2. The standard InChI is InChI=1S/C18H28O2/c1-15-9-6-7-13-18(16(2)19-14-8-10-15)20-17-11-4-3-5-12-17/h3-5,11-12,15-16,18H,6-10,13-14H2,1-2H3. The third-order valence-electron chi connectivity index (χ3n) is 4.21. The maximum absolute atomic E-state index is 6.14. The SMILES string of the molecule is CC1CCCCC(Oc2ccccc2)C(C)OCCC1. The zero-order valence-corrected chi connectivity index (χ0v) is 12.9. The Morgan fingerprint density at radius 3 is 2.45 bits per heavy atom. The van der Waals surface area contributed by atoms with E-state index in [0.29, 0.717) is 0 Å². The second-order valence-corrected chi connectivity index (χ2v) is 6.08. The number of benzene rings is 1. The van der Waals surface area contributed by atoms with Gasteiger partial charge in [0.15, 0.2) is 0 Å². The summed E-state index contributed by atoms with van der Waals surface area (Å²) >= 11 is 0. The highest BCUT2D eigenvalue weighted by molar-refractivity contribution is 5.21. The Bertz CT molecular complexity index is 363. The molecule has 112 valence electrons. The van der Waals surface area contributed by atoms with E-state index in [1.165, 1.54) is 32.1 Å². The Balaban J connectivity index is 1.93. The van der Waals surface area contributed by atoms with Gasteiger partial charge in [-0.15, -0.1) is 0 Å². The van der Waals surface area contributed by atoms with Crippen molar-refractivity contribution in [2.45, 2.75) is 64.6 Å². The third kappa shape index (κ3) is 5.16. The number of hydrogen-bond donors (Lipinski definition) is 0. The minimum Gasteiger partial charge on any atom is -0.488 e. The van der Waals surface area contributed by atoms with Crippen LogP contribution < -0.4 is 4.74 Å². The Hall–Kier alpha value is -1.02. The summed E-state index contributed by atoms with van der Waals surface area (Å²) in [4.78, 5) is 0. The number of ether oxygens (including phenoxy) is 2. The van der Waals surface area contributed by atoms with Crippen LogP contribution in [0.2, 0.25) is 0 Å². The topological polar surface area (TPSA) is 18.5 Å². The van der Waals surface area contributed by atoms with Crippen molar-refractivity contribution in [2.24, 2.45) is 5.92 Å². The van der Waals surface area contributed by atoms with Crippen molar-refractivity contribution in [3.63, 3.8) is 0 Å². The molecule has 0 aliphatic carbocycles. The van der Waals surface area contributed by atoms with E-state index in [1.54, 1.807) is 0 Å². The summed E-state index contributed by atoms with van der Waals surface area (Å²) in [5.74, 6) is 1.79. The number of hydrogen-bond acceptors (Lipinski definition) is 2. The van der Waals surface area contributed by atoms with E-state index in [1.807, 2.05) is 30.3 Å². The zero-order chi connectivity index (χ0) is 14.2. The Morgan fingerprint density at radius 2 is 1.65 bits per heavy atom. The summed E-state index contributed by atoms with van der Waals surface area (Å²) in [5, 5.41) is 0. The maximum atomic E-state index is 6.14. The van der Waals surface area contributed by atoms with Gasteiger partial charge in [0, 0.05) is 6.61 Å². The van der Waals surface area contributed by atoms with Crippen LogP contribution in [0.4, 0.5) is 0 Å². The largest absolute Gasteiger partial charge is 0.488 e. The lowest BCUT2D eigenvalue weighted by atomic mass is 9.97. The van der Waals surface area contributed by atoms with Gasteiger partial charge in [0.2, 0.25) is 0 Å². The smallest absolute Gasteiger partial charge is 0.124 e. The van der Waals surface area contributed by atoms with Crippen LogP contribution in [-0.4, -0.2) is 18.8 Å². The average Bonchev–Trinajstić information content (AvgIpc) is 2.50. The van der Waals surface area contributed by atoms with Crippen molar-refractivity contribution < 1.29 is 9.47 Å². The molecule has 1 aliphatic rings. The van der Waals surface area contributed by atoms with Gasteiger partial charge >= 0.3 is 0 Å². The molecule has 2 heteroatoms. The van der Waals surface area contributed by atoms with Gasteiger partial charge in [-0.25, -0.2) is 0 Å². The molecular weight excluding hydrogens is 248 g/mol. The molecule has 0 amide bonds. The van der Waals surface area contributed by atoms with Crippen molar-refractivity contribution in [3.05, 3.63) is 30.3 Å². The molecule has 3 atom stereocenters. The minimum atomic E-state index is 0.170. The van der Waals surface area contributed by atoms with E-state index in [-0.39, 0.29) is 12.2 Å². The molecule has 0 aromatic heterocycles. The zero-order valence-electron chi connectivity index (χ0n) is 12.9. The minimum absolute atomic E-state index is 0.170. The van der Waals surface area contributed by atoms with Gasteiger partial charge in [-0.2, -0.15) is 0 Å². The first kappa shape index (κ1) is 15.4. The lowest BCUT2D eigenvalue weighted by Crippen LogP contribution is -2.32. The fourth-order valence-electron chi connectivity index (χ4n) is 2.85. The van der Waals surface area contributed by atoms with Crippen LogP contribution in [0, 0.1) is 5.92 Å². The molecule has 2 rings (SSSR count). The van der Waals surface area contributed by atoms with E-state index >= 15 is 0 Å². The molecule has 0 saturated carbocycles. The molecule has 1 aromatic rings. The lowest BCUT2D eigenvalue weighted by Gasteiger charge is -2.25. The predicted molar refractivity (Wildman–Crippen MR) is 83.1 cm³/mol. The van der Waals surface area contributed by atoms with E-state index in [0.717, 1.165) is 24.7 Å². The van der Waals surface area contributed by atoms with Gasteiger partial charge in [-0.05, 0) is 50.7 Å². The molecule has 0 radical (unpaired) electrons. The van der Waals surface area contributed by atoms with Crippen LogP contribution in [0.5, 0.6) is 5.75 Å². The first-order chi connectivity index (χ1) is 9.75. The maximum Gasteiger partial charge on any atom is 0.124 e. The average molecular weight is 276 g/mol. The Labute approximate surface area is 123 Å². The Morgan fingerprint density at radius 1 is 0.950 bits per heavy atom. The molecule has 20 heavy (non-hydrogen) atoms. The monoisotopic (exact) mass is 276 g/mol. The van der Waals surface area contributed by atoms with Gasteiger partial charge in [0.05, 0.1) is 6.10 Å². The molecule has 1 fully saturated rings. The molecule has 0 N–H and O–H groups in total. The second-order valence-electron chi connectivity index (χ2n) is 6.08. The fourth-order valence-corrected chi connectivity index (χ4v) is 2.85. The van der Waals surface area contributed by atoms with E-state index in [2.05, 4.69) is 13.8 Å². The molecule has 1 aliphatic heterocycles. The van der Waals surface area contributed by atoms with Crippen LogP contribution in [0.1, 0.15) is 52.4 Å². The summed E-state index contributed by atoms with van der Waals surface area (Å²) in [5.41, 5.74) is 0. The van der Waals surface area contributed by atoms with Crippen LogP contribution >= 0.6 is 0 Å². The van der Waals surface area contributed by atoms with Crippen LogP contribution in [-0.2, 0) is 4.74 Å². The summed E-state index contributed by atoms with van der Waals surface area (Å²) in [6, 6.07) is 10.1. The van der Waals surface area contributed by atoms with Crippen molar-refractivity contribution in [2.75, 3.05) is 6.61 Å². The quantitative estimate of drug-likeness (QED) is 0.770. The highest BCUT2D eigenvalue weighted by atomic mass is 16.5. The summed E-state index contributed by atoms with van der Waals surface area (Å²) < 4.78 is 12.1. The Kier molecular flexibility index (Phi) is 6.38. The molecule has 0 bridgehead atoms. The fraction of sp³-hybridized carbons (Fsp3) is 0.667. The molecule has 1 aromatic carbocycles. The molecule has 3 unspecified atom stereocenters. The third-order valence-corrected chi connectivity index (χ3v) is 4.21. The normalized spacial score (nSPS) is 29.4. The summed E-state index contributed by atoms with van der Waals surface area (Å²) in [6.45, 7) is 5.37. The molecule has 0 spiro atoms. The van der Waals surface area contributed by atoms with Crippen molar-refractivity contribution >= 4 is 0 Å². The van der Waals surface area contributed by atoms with Crippen molar-refractivity contribution in [1.29, 1.82) is 0 Å². The molecule has 1 heterocycles. The summed E-state index contributed by atoms with van der Waals surface area (Å²) in [6.07, 6.45) is 7.77. The van der Waals surface area contributed by atoms with E-state index in [9.17, 15) is 0 Å². The first-order valence-electron chi connectivity index (χ1n) is 8.09. The first-order valence-corrected chi connectivity index (χ1v) is 8.09. The van der Waals surface area contributed by atoms with Gasteiger partial charge < -0.3 is 9.47 Å². The molecule has 2 nitrogen and oxygen atoms in total.